The first-order chi connectivity index (χ1) is 15.4. The maximum atomic E-state index is 11.5. The van der Waals surface area contributed by atoms with Gasteiger partial charge in [-0.25, -0.2) is 0 Å². The number of nitrogens with zero attached hydrogens (tertiary/aromatic N) is 1. The Bertz CT molecular complexity index is 885. The summed E-state index contributed by atoms with van der Waals surface area (Å²) >= 11 is 0. The number of hydrogen-bond acceptors (Lipinski definition) is 3. The number of para-hydroxylation sites is 1. The Morgan fingerprint density at radius 1 is 0.909 bits per heavy atom. The highest BCUT2D eigenvalue weighted by molar-refractivity contribution is 8.00. The Morgan fingerprint density at radius 3 is 1.88 bits per heavy atom. The maximum Gasteiger partial charge on any atom is 0.122 e. The number of rotatable bonds is 5. The van der Waals surface area contributed by atoms with E-state index in [2.05, 4.69) is 89.6 Å². The molecule has 1 fully saturated rings. The highest BCUT2D eigenvalue weighted by Crippen LogP contribution is 2.24. The van der Waals surface area contributed by atoms with Gasteiger partial charge >= 0.3 is 0 Å². The molecule has 0 amide bonds. The highest BCUT2D eigenvalue weighted by atomic mass is 32.2. The minimum absolute atomic E-state index is 0.533. The van der Waals surface area contributed by atoms with Gasteiger partial charge in [0.15, 0.2) is 0 Å². The third-order valence-electron chi connectivity index (χ3n) is 5.69. The van der Waals surface area contributed by atoms with Crippen molar-refractivity contribution in [1.29, 1.82) is 0 Å². The van der Waals surface area contributed by atoms with Crippen LogP contribution in [0.15, 0.2) is 48.5 Å². The summed E-state index contributed by atoms with van der Waals surface area (Å²) in [5.41, 5.74) is 4.03. The molecule has 0 atom stereocenters. The lowest BCUT2D eigenvalue weighted by Crippen LogP contribution is -2.41. The first-order valence-corrected chi connectivity index (χ1v) is 14.3. The Hall–Kier alpha value is -1.78. The lowest BCUT2D eigenvalue weighted by molar-refractivity contribution is 0.266. The molecule has 1 aliphatic heterocycles. The molecule has 3 nitrogen and oxygen atoms in total. The van der Waals surface area contributed by atoms with E-state index in [0.717, 1.165) is 36.9 Å². The Kier molecular flexibility index (Phi) is 12.8. The van der Waals surface area contributed by atoms with Crippen molar-refractivity contribution < 1.29 is 8.95 Å². The smallest absolute Gasteiger partial charge is 0.122 e. The van der Waals surface area contributed by atoms with Crippen LogP contribution in [-0.2, 0) is 9.52 Å². The number of methoxy groups -OCH3 is 1. The summed E-state index contributed by atoms with van der Waals surface area (Å²) in [5, 5.41) is 0. The van der Waals surface area contributed by atoms with E-state index in [-0.39, 0.29) is 0 Å². The van der Waals surface area contributed by atoms with Gasteiger partial charge in [-0.15, -0.1) is 0 Å². The van der Waals surface area contributed by atoms with Gasteiger partial charge in [-0.05, 0) is 57.3 Å². The van der Waals surface area contributed by atoms with Crippen molar-refractivity contribution in [2.45, 2.75) is 60.3 Å². The maximum absolute atomic E-state index is 11.5. The topological polar surface area (TPSA) is 29.5 Å². The van der Waals surface area contributed by atoms with E-state index in [1.807, 2.05) is 18.2 Å². The first-order valence-electron chi connectivity index (χ1n) is 12.2. The zero-order valence-corrected chi connectivity index (χ0v) is 23.1. The third-order valence-corrected chi connectivity index (χ3v) is 7.54. The molecule has 1 heterocycles. The van der Waals surface area contributed by atoms with E-state index in [0.29, 0.717) is 17.8 Å². The van der Waals surface area contributed by atoms with Crippen LogP contribution in [0.5, 0.6) is 5.75 Å². The molecule has 0 saturated carbocycles. The molecule has 0 radical (unpaired) electrons. The fourth-order valence-corrected chi connectivity index (χ4v) is 4.98. The molecule has 1 saturated heterocycles. The zero-order chi connectivity index (χ0) is 25.0. The van der Waals surface area contributed by atoms with Crippen molar-refractivity contribution in [3.63, 3.8) is 0 Å². The van der Waals surface area contributed by atoms with Crippen LogP contribution in [0.2, 0.25) is 0 Å². The molecule has 0 bridgehead atoms. The van der Waals surface area contributed by atoms with Crippen LogP contribution >= 0.6 is 0 Å². The summed E-state index contributed by atoms with van der Waals surface area (Å²) in [7, 11) is 0.0164. The van der Waals surface area contributed by atoms with Gasteiger partial charge in [0.2, 0.25) is 0 Å². The summed E-state index contributed by atoms with van der Waals surface area (Å²) in [4.78, 5) is 2.39. The molecule has 0 spiro atoms. The summed E-state index contributed by atoms with van der Waals surface area (Å²) < 4.78 is 16.7. The van der Waals surface area contributed by atoms with Crippen LogP contribution in [0.1, 0.15) is 70.1 Å². The molecule has 0 N–H and O–H groups in total. The minimum Gasteiger partial charge on any atom is -0.496 e. The second-order valence-electron chi connectivity index (χ2n) is 10.0. The highest BCUT2D eigenvalue weighted by Gasteiger charge is 2.17. The van der Waals surface area contributed by atoms with Crippen LogP contribution in [0.25, 0.3) is 0 Å². The number of hydrogen-bond donors (Lipinski definition) is 0. The van der Waals surface area contributed by atoms with Crippen molar-refractivity contribution >= 4 is 15.4 Å². The van der Waals surface area contributed by atoms with Gasteiger partial charge in [0, 0.05) is 31.1 Å². The van der Waals surface area contributed by atoms with E-state index in [1.54, 1.807) is 7.11 Å². The van der Waals surface area contributed by atoms with Crippen LogP contribution in [0.4, 0.5) is 0 Å². The van der Waals surface area contributed by atoms with E-state index in [9.17, 15) is 4.21 Å². The van der Waals surface area contributed by atoms with Gasteiger partial charge in [0.25, 0.3) is 0 Å². The standard InChI is InChI=1S/C10H14O.C10H14.C9H19NOS/c1-8(2)9-6-4-5-7-10(9)11-3;1-8(2)10-6-4-9(3)5-7-10;1-9(2)8-10-4-6-12(3,11)7-5-10/h4-8H,1-3H3;4-8H,1-3H3;9H,3-8H2,1-2H3. The fraction of sp³-hybridized carbons (Fsp3) is 0.552. The van der Waals surface area contributed by atoms with Crippen LogP contribution in [0.3, 0.4) is 0 Å². The van der Waals surface area contributed by atoms with Crippen molar-refractivity contribution in [2.75, 3.05) is 38.2 Å². The van der Waals surface area contributed by atoms with Crippen LogP contribution in [-0.4, -0.2) is 53.2 Å². The van der Waals surface area contributed by atoms with Crippen molar-refractivity contribution in [2.24, 2.45) is 5.92 Å². The van der Waals surface area contributed by atoms with Crippen molar-refractivity contribution in [3.05, 3.63) is 65.2 Å². The Labute approximate surface area is 204 Å². The second kappa shape index (κ2) is 14.5. The molecule has 2 aromatic rings. The summed E-state index contributed by atoms with van der Waals surface area (Å²) in [6.07, 6.45) is 0. The van der Waals surface area contributed by atoms with Gasteiger partial charge in [-0.1, -0.05) is 89.6 Å². The molecular weight excluding hydrogens is 426 g/mol. The molecule has 4 heteroatoms. The van der Waals surface area contributed by atoms with E-state index in [1.165, 1.54) is 16.7 Å². The van der Waals surface area contributed by atoms with E-state index >= 15 is 0 Å². The number of aryl methyl sites for hydroxylation is 1. The molecule has 186 valence electrons. The number of ether oxygens (including phenoxy) is 1. The quantitative estimate of drug-likeness (QED) is 0.458. The molecule has 0 aliphatic carbocycles. The van der Waals surface area contributed by atoms with Crippen LogP contribution < -0.4 is 4.74 Å². The predicted molar refractivity (Wildman–Crippen MR) is 149 cm³/mol. The normalized spacial score (nSPS) is 15.5. The molecule has 0 aromatic heterocycles. The molecule has 1 aliphatic rings. The van der Waals surface area contributed by atoms with Gasteiger partial charge in [0.1, 0.15) is 5.75 Å². The summed E-state index contributed by atoms with van der Waals surface area (Å²) in [5.74, 6) is 8.21. The number of benzene rings is 2. The van der Waals surface area contributed by atoms with Crippen molar-refractivity contribution in [1.82, 2.24) is 4.90 Å². The van der Waals surface area contributed by atoms with Crippen LogP contribution in [0, 0.1) is 12.8 Å². The second-order valence-corrected chi connectivity index (χ2v) is 12.8. The van der Waals surface area contributed by atoms with E-state index in [4.69, 9.17) is 4.74 Å². The summed E-state index contributed by atoms with van der Waals surface area (Å²) in [6, 6.07) is 16.8. The molecular formula is C29H47NO2S. The Morgan fingerprint density at radius 2 is 1.45 bits per heavy atom. The monoisotopic (exact) mass is 473 g/mol. The predicted octanol–water partition coefficient (Wildman–Crippen LogP) is 6.61. The SMILES string of the molecule is C=S1(=O)CCN(CC(C)C)CC1.COc1ccccc1C(C)C.Cc1ccc(C(C)C)cc1. The largest absolute Gasteiger partial charge is 0.496 e. The average Bonchev–Trinajstić information content (AvgIpc) is 2.76. The summed E-state index contributed by atoms with van der Waals surface area (Å²) in [6.45, 7) is 18.4. The molecule has 33 heavy (non-hydrogen) atoms. The van der Waals surface area contributed by atoms with Gasteiger partial charge < -0.3 is 9.64 Å². The fourth-order valence-electron chi connectivity index (χ4n) is 3.60. The molecule has 2 aromatic carbocycles. The molecule has 0 unspecified atom stereocenters. The van der Waals surface area contributed by atoms with Gasteiger partial charge in [0.05, 0.1) is 7.11 Å². The van der Waals surface area contributed by atoms with E-state index < -0.39 is 9.52 Å². The minimum atomic E-state index is -1.69. The first kappa shape index (κ1) is 29.3. The lowest BCUT2D eigenvalue weighted by Gasteiger charge is -2.29. The van der Waals surface area contributed by atoms with Gasteiger partial charge in [-0.2, -0.15) is 0 Å². The zero-order valence-electron chi connectivity index (χ0n) is 22.3. The lowest BCUT2D eigenvalue weighted by atomic mass is 10.0. The Balaban J connectivity index is 0.000000249. The third kappa shape index (κ3) is 11.8. The molecule has 3 rings (SSSR count). The average molecular weight is 474 g/mol. The van der Waals surface area contributed by atoms with Crippen molar-refractivity contribution in [3.8, 4) is 5.75 Å². The van der Waals surface area contributed by atoms with Gasteiger partial charge in [-0.3, -0.25) is 4.21 Å².